The predicted octanol–water partition coefficient (Wildman–Crippen LogP) is 3.21. The average molecular weight is 204 g/mol. The molecule has 15 heavy (non-hydrogen) atoms. The van der Waals surface area contributed by atoms with Gasteiger partial charge in [-0.25, -0.2) is 4.39 Å². The van der Waals surface area contributed by atoms with Gasteiger partial charge in [0.15, 0.2) is 12.0 Å². The molecule has 0 saturated carbocycles. The summed E-state index contributed by atoms with van der Waals surface area (Å²) < 4.78 is 18.6. The van der Waals surface area contributed by atoms with Gasteiger partial charge in [-0.1, -0.05) is 6.07 Å². The molecule has 3 heteroatoms. The topological polar surface area (TPSA) is 30.2 Å². The van der Waals surface area contributed by atoms with Crippen LogP contribution in [-0.2, 0) is 0 Å². The molecule has 0 aliphatic heterocycles. The molecule has 0 N–H and O–H groups in total. The number of carbonyl (C=O) groups is 1. The maximum atomic E-state index is 13.5. The molecule has 2 nitrogen and oxygen atoms in total. The van der Waals surface area contributed by atoms with Crippen molar-refractivity contribution in [1.82, 2.24) is 0 Å². The Balaban J connectivity index is 2.49. The molecule has 0 amide bonds. The second-order valence-electron chi connectivity index (χ2n) is 3.30. The number of hydrogen-bond donors (Lipinski definition) is 0. The highest BCUT2D eigenvalue weighted by Gasteiger charge is 2.09. The average Bonchev–Trinajstić information content (AvgIpc) is 2.66. The number of hydrogen-bond acceptors (Lipinski definition) is 2. The predicted molar refractivity (Wildman–Crippen MR) is 54.2 cm³/mol. The second kappa shape index (κ2) is 3.69. The Morgan fingerprint density at radius 3 is 2.67 bits per heavy atom. The van der Waals surface area contributed by atoms with Crippen LogP contribution >= 0.6 is 0 Å². The molecule has 1 aromatic heterocycles. The van der Waals surface area contributed by atoms with E-state index in [0.717, 1.165) is 5.56 Å². The van der Waals surface area contributed by atoms with Gasteiger partial charge in [0.25, 0.3) is 0 Å². The minimum Gasteiger partial charge on any atom is -0.453 e. The number of halogens is 1. The van der Waals surface area contributed by atoms with Crippen molar-refractivity contribution in [3.05, 3.63) is 47.5 Å². The third kappa shape index (κ3) is 1.81. The third-order valence-electron chi connectivity index (χ3n) is 2.13. The Hall–Kier alpha value is -1.90. The molecule has 0 spiro atoms. The van der Waals surface area contributed by atoms with Crippen molar-refractivity contribution in [2.24, 2.45) is 0 Å². The summed E-state index contributed by atoms with van der Waals surface area (Å²) in [6, 6.07) is 7.96. The molecule has 0 fully saturated rings. The molecule has 0 aliphatic rings. The zero-order valence-electron chi connectivity index (χ0n) is 8.16. The van der Waals surface area contributed by atoms with Gasteiger partial charge in [0.1, 0.15) is 11.6 Å². The SMILES string of the molecule is Cc1ccc(-c2ccc(C=O)o2)c(F)c1. The lowest BCUT2D eigenvalue weighted by molar-refractivity contribution is 0.110. The fourth-order valence-electron chi connectivity index (χ4n) is 1.38. The first kappa shape index (κ1) is 9.65. The molecule has 0 atom stereocenters. The van der Waals surface area contributed by atoms with Gasteiger partial charge in [-0.15, -0.1) is 0 Å². The number of carbonyl (C=O) groups excluding carboxylic acids is 1. The quantitative estimate of drug-likeness (QED) is 0.703. The van der Waals surface area contributed by atoms with Gasteiger partial charge in [-0.05, 0) is 36.8 Å². The van der Waals surface area contributed by atoms with Crippen LogP contribution in [0.2, 0.25) is 0 Å². The van der Waals surface area contributed by atoms with Crippen LogP contribution in [0.25, 0.3) is 11.3 Å². The summed E-state index contributed by atoms with van der Waals surface area (Å²) in [6.45, 7) is 1.81. The fourth-order valence-corrected chi connectivity index (χ4v) is 1.38. The van der Waals surface area contributed by atoms with Crippen LogP contribution in [0, 0.1) is 12.7 Å². The van der Waals surface area contributed by atoms with Crippen molar-refractivity contribution >= 4 is 6.29 Å². The van der Waals surface area contributed by atoms with Crippen LogP contribution in [0.15, 0.2) is 34.7 Å². The third-order valence-corrected chi connectivity index (χ3v) is 2.13. The van der Waals surface area contributed by atoms with Gasteiger partial charge < -0.3 is 4.42 Å². The van der Waals surface area contributed by atoms with E-state index in [1.165, 1.54) is 12.1 Å². The van der Waals surface area contributed by atoms with E-state index in [1.807, 2.05) is 6.92 Å². The summed E-state index contributed by atoms with van der Waals surface area (Å²) in [5.41, 5.74) is 1.21. The number of benzene rings is 1. The van der Waals surface area contributed by atoms with E-state index < -0.39 is 0 Å². The van der Waals surface area contributed by atoms with Gasteiger partial charge in [0, 0.05) is 0 Å². The monoisotopic (exact) mass is 204 g/mol. The molecule has 0 aliphatic carbocycles. The van der Waals surface area contributed by atoms with Crippen molar-refractivity contribution in [2.75, 3.05) is 0 Å². The Kier molecular flexibility index (Phi) is 2.37. The lowest BCUT2D eigenvalue weighted by Gasteiger charge is -2.00. The van der Waals surface area contributed by atoms with Crippen molar-refractivity contribution < 1.29 is 13.6 Å². The normalized spacial score (nSPS) is 10.3. The molecular weight excluding hydrogens is 195 g/mol. The molecule has 0 bridgehead atoms. The van der Waals surface area contributed by atoms with Crippen LogP contribution in [0.5, 0.6) is 0 Å². The highest BCUT2D eigenvalue weighted by molar-refractivity contribution is 5.72. The van der Waals surface area contributed by atoms with E-state index in [4.69, 9.17) is 4.42 Å². The first-order chi connectivity index (χ1) is 7.20. The standard InChI is InChI=1S/C12H9FO2/c1-8-2-4-10(11(13)6-8)12-5-3-9(7-14)15-12/h2-7H,1H3. The van der Waals surface area contributed by atoms with E-state index in [1.54, 1.807) is 18.2 Å². The van der Waals surface area contributed by atoms with E-state index >= 15 is 0 Å². The molecule has 0 saturated heterocycles. The van der Waals surface area contributed by atoms with Crippen molar-refractivity contribution in [3.8, 4) is 11.3 Å². The van der Waals surface area contributed by atoms with Gasteiger partial charge in [0.2, 0.25) is 0 Å². The minimum atomic E-state index is -0.346. The molecule has 2 rings (SSSR count). The molecule has 2 aromatic rings. The molecular formula is C12H9FO2. The van der Waals surface area contributed by atoms with Crippen LogP contribution in [0.4, 0.5) is 4.39 Å². The molecule has 76 valence electrons. The summed E-state index contributed by atoms with van der Waals surface area (Å²) in [5, 5.41) is 0. The van der Waals surface area contributed by atoms with Gasteiger partial charge in [0.05, 0.1) is 5.56 Å². The van der Waals surface area contributed by atoms with Crippen LogP contribution in [0.1, 0.15) is 16.1 Å². The highest BCUT2D eigenvalue weighted by atomic mass is 19.1. The van der Waals surface area contributed by atoms with E-state index in [0.29, 0.717) is 17.6 Å². The molecule has 1 aromatic carbocycles. The van der Waals surface area contributed by atoms with Gasteiger partial charge >= 0.3 is 0 Å². The Morgan fingerprint density at radius 2 is 2.07 bits per heavy atom. The van der Waals surface area contributed by atoms with Crippen molar-refractivity contribution in [3.63, 3.8) is 0 Å². The van der Waals surface area contributed by atoms with Crippen molar-refractivity contribution in [1.29, 1.82) is 0 Å². The van der Waals surface area contributed by atoms with Crippen LogP contribution in [0.3, 0.4) is 0 Å². The molecule has 0 unspecified atom stereocenters. The Bertz CT molecular complexity index is 500. The number of furan rings is 1. The van der Waals surface area contributed by atoms with Crippen LogP contribution in [-0.4, -0.2) is 6.29 Å². The maximum Gasteiger partial charge on any atom is 0.185 e. The number of aldehydes is 1. The molecule has 1 heterocycles. The number of rotatable bonds is 2. The maximum absolute atomic E-state index is 13.5. The largest absolute Gasteiger partial charge is 0.453 e. The summed E-state index contributed by atoms with van der Waals surface area (Å²) in [6.07, 6.45) is 0.593. The second-order valence-corrected chi connectivity index (χ2v) is 3.30. The lowest BCUT2D eigenvalue weighted by atomic mass is 10.1. The van der Waals surface area contributed by atoms with E-state index in [9.17, 15) is 9.18 Å². The summed E-state index contributed by atoms with van der Waals surface area (Å²) >= 11 is 0. The summed E-state index contributed by atoms with van der Waals surface area (Å²) in [7, 11) is 0. The smallest absolute Gasteiger partial charge is 0.185 e. The fraction of sp³-hybridized carbons (Fsp3) is 0.0833. The minimum absolute atomic E-state index is 0.199. The van der Waals surface area contributed by atoms with E-state index in [-0.39, 0.29) is 11.6 Å². The zero-order chi connectivity index (χ0) is 10.8. The molecule has 0 radical (unpaired) electrons. The van der Waals surface area contributed by atoms with E-state index in [2.05, 4.69) is 0 Å². The first-order valence-electron chi connectivity index (χ1n) is 4.52. The zero-order valence-corrected chi connectivity index (χ0v) is 8.16. The van der Waals surface area contributed by atoms with Gasteiger partial charge in [-0.3, -0.25) is 4.79 Å². The van der Waals surface area contributed by atoms with Crippen molar-refractivity contribution in [2.45, 2.75) is 6.92 Å². The summed E-state index contributed by atoms with van der Waals surface area (Å²) in [5.74, 6) is 0.223. The number of aryl methyl sites for hydroxylation is 1. The Labute approximate surface area is 86.3 Å². The lowest BCUT2D eigenvalue weighted by Crippen LogP contribution is -1.83. The first-order valence-corrected chi connectivity index (χ1v) is 4.52. The summed E-state index contributed by atoms with van der Waals surface area (Å²) in [4.78, 5) is 10.4. The van der Waals surface area contributed by atoms with Gasteiger partial charge in [-0.2, -0.15) is 0 Å². The highest BCUT2D eigenvalue weighted by Crippen LogP contribution is 2.25. The van der Waals surface area contributed by atoms with Crippen LogP contribution < -0.4 is 0 Å². The Morgan fingerprint density at radius 1 is 1.27 bits per heavy atom.